The minimum Gasteiger partial charge on any atom is -0.325 e. The molecule has 0 saturated carbocycles. The third kappa shape index (κ3) is 3.70. The zero-order chi connectivity index (χ0) is 18.8. The lowest BCUT2D eigenvalue weighted by atomic mass is 9.95. The van der Waals surface area contributed by atoms with Gasteiger partial charge < -0.3 is 10.2 Å². The monoisotopic (exact) mass is 361 g/mol. The maximum Gasteiger partial charge on any atom is 0.238 e. The predicted molar refractivity (Wildman–Crippen MR) is 103 cm³/mol. The van der Waals surface area contributed by atoms with Crippen molar-refractivity contribution in [2.24, 2.45) is 0 Å². The number of pyridine rings is 1. The number of benzene rings is 1. The number of aromatic nitrogens is 1. The molecule has 1 amide bonds. The average molecular weight is 361 g/mol. The summed E-state index contributed by atoms with van der Waals surface area (Å²) in [5.74, 6) is -0.537. The molecule has 1 unspecified atom stereocenters. The number of amides is 1. The fourth-order valence-corrected chi connectivity index (χ4v) is 3.84. The average Bonchev–Trinajstić information content (AvgIpc) is 2.87. The Morgan fingerprint density at radius 3 is 2.89 bits per heavy atom. The van der Waals surface area contributed by atoms with Gasteiger partial charge in [0.25, 0.3) is 0 Å². The van der Waals surface area contributed by atoms with E-state index < -0.39 is 5.92 Å². The first-order chi connectivity index (χ1) is 13.1. The van der Waals surface area contributed by atoms with E-state index in [1.54, 1.807) is 18.2 Å². The Morgan fingerprint density at radius 1 is 1.22 bits per heavy atom. The zero-order valence-electron chi connectivity index (χ0n) is 15.5. The Balaban J connectivity index is 1.51. The summed E-state index contributed by atoms with van der Waals surface area (Å²) < 4.78 is 0. The van der Waals surface area contributed by atoms with Crippen molar-refractivity contribution in [1.82, 2.24) is 14.8 Å². The van der Waals surface area contributed by atoms with E-state index in [1.807, 2.05) is 12.3 Å². The van der Waals surface area contributed by atoms with Crippen LogP contribution in [0.25, 0.3) is 0 Å². The number of nitrogens with one attached hydrogen (secondary N) is 1. The Kier molecular flexibility index (Phi) is 4.88. The van der Waals surface area contributed by atoms with E-state index in [-0.39, 0.29) is 5.91 Å². The molecule has 1 atom stereocenters. The maximum atomic E-state index is 12.5. The van der Waals surface area contributed by atoms with Gasteiger partial charge in [0.05, 0.1) is 17.3 Å². The van der Waals surface area contributed by atoms with Gasteiger partial charge in [0.15, 0.2) is 0 Å². The highest BCUT2D eigenvalue weighted by Gasteiger charge is 2.33. The smallest absolute Gasteiger partial charge is 0.238 e. The van der Waals surface area contributed by atoms with Gasteiger partial charge in [-0.25, -0.2) is 0 Å². The van der Waals surface area contributed by atoms with E-state index in [4.69, 9.17) is 5.26 Å². The van der Waals surface area contributed by atoms with Gasteiger partial charge in [0.1, 0.15) is 5.92 Å². The molecule has 2 aliphatic heterocycles. The first-order valence-electron chi connectivity index (χ1n) is 9.34. The number of carbonyl (C=O) groups is 1. The summed E-state index contributed by atoms with van der Waals surface area (Å²) in [6, 6.07) is 11.4. The van der Waals surface area contributed by atoms with Crippen LogP contribution < -0.4 is 5.32 Å². The van der Waals surface area contributed by atoms with Crippen molar-refractivity contribution in [3.05, 3.63) is 58.9 Å². The standard InChI is InChI=1S/C21H23N5O/c1-25-7-2-8-26(10-9-25)14-16-4-6-19(23-13-16)20-17-11-15(12-22)3-5-18(17)24-21(20)27/h3-6,11,13,20H,2,7-10,14H2,1H3,(H,24,27). The second-order valence-electron chi connectivity index (χ2n) is 7.36. The minimum absolute atomic E-state index is 0.0871. The van der Waals surface area contributed by atoms with Gasteiger partial charge in [-0.15, -0.1) is 0 Å². The number of hydrogen-bond donors (Lipinski definition) is 1. The van der Waals surface area contributed by atoms with E-state index >= 15 is 0 Å². The molecule has 6 nitrogen and oxygen atoms in total. The SMILES string of the molecule is CN1CCCN(Cc2ccc(C3C(=O)Nc4ccc(C#N)cc43)nc2)CC1. The summed E-state index contributed by atoms with van der Waals surface area (Å²) in [5, 5.41) is 12.0. The second-order valence-corrected chi connectivity index (χ2v) is 7.36. The van der Waals surface area contributed by atoms with E-state index in [0.717, 1.165) is 55.2 Å². The van der Waals surface area contributed by atoms with Crippen molar-refractivity contribution in [1.29, 1.82) is 5.26 Å². The highest BCUT2D eigenvalue weighted by molar-refractivity contribution is 6.04. The molecule has 1 saturated heterocycles. The molecule has 6 heteroatoms. The number of anilines is 1. The normalized spacial score (nSPS) is 20.6. The van der Waals surface area contributed by atoms with Crippen LogP contribution in [0, 0.1) is 11.3 Å². The summed E-state index contributed by atoms with van der Waals surface area (Å²) in [6.07, 6.45) is 3.06. The van der Waals surface area contributed by atoms with Crippen molar-refractivity contribution >= 4 is 11.6 Å². The summed E-state index contributed by atoms with van der Waals surface area (Å²) >= 11 is 0. The number of likely N-dealkylation sites (N-methyl/N-ethyl adjacent to an activating group) is 1. The first-order valence-corrected chi connectivity index (χ1v) is 9.34. The fraction of sp³-hybridized carbons (Fsp3) is 0.381. The van der Waals surface area contributed by atoms with E-state index in [0.29, 0.717) is 5.56 Å². The van der Waals surface area contributed by atoms with Crippen LogP contribution in [0.4, 0.5) is 5.69 Å². The second kappa shape index (κ2) is 7.47. The Labute approximate surface area is 159 Å². The molecule has 0 aliphatic carbocycles. The van der Waals surface area contributed by atoms with Gasteiger partial charge in [-0.2, -0.15) is 5.26 Å². The quantitative estimate of drug-likeness (QED) is 0.907. The molecule has 0 radical (unpaired) electrons. The molecule has 0 spiro atoms. The summed E-state index contributed by atoms with van der Waals surface area (Å²) in [4.78, 5) is 21.9. The van der Waals surface area contributed by atoms with E-state index in [1.165, 1.54) is 6.42 Å². The number of nitrogens with zero attached hydrogens (tertiary/aromatic N) is 4. The van der Waals surface area contributed by atoms with E-state index in [2.05, 4.69) is 39.3 Å². The minimum atomic E-state index is -0.450. The van der Waals surface area contributed by atoms with Crippen LogP contribution in [-0.4, -0.2) is 53.9 Å². The summed E-state index contributed by atoms with van der Waals surface area (Å²) in [7, 11) is 2.17. The number of rotatable bonds is 3. The van der Waals surface area contributed by atoms with Crippen LogP contribution in [0.2, 0.25) is 0 Å². The molecular weight excluding hydrogens is 338 g/mol. The molecular formula is C21H23N5O. The van der Waals surface area contributed by atoms with Gasteiger partial charge in [-0.3, -0.25) is 14.7 Å². The van der Waals surface area contributed by atoms with Crippen molar-refractivity contribution in [2.75, 3.05) is 38.5 Å². The topological polar surface area (TPSA) is 72.3 Å². The lowest BCUT2D eigenvalue weighted by Gasteiger charge is -2.20. The third-order valence-corrected chi connectivity index (χ3v) is 5.37. The molecule has 2 aromatic rings. The van der Waals surface area contributed by atoms with Crippen molar-refractivity contribution in [3.63, 3.8) is 0 Å². The molecule has 3 heterocycles. The molecule has 138 valence electrons. The maximum absolute atomic E-state index is 12.5. The van der Waals surface area contributed by atoms with Gasteiger partial charge >= 0.3 is 0 Å². The van der Waals surface area contributed by atoms with Crippen molar-refractivity contribution < 1.29 is 4.79 Å². The summed E-state index contributed by atoms with van der Waals surface area (Å²) in [5.41, 5.74) is 4.03. The largest absolute Gasteiger partial charge is 0.325 e. The highest BCUT2D eigenvalue weighted by Crippen LogP contribution is 2.36. The molecule has 1 N–H and O–H groups in total. The molecule has 4 rings (SSSR count). The van der Waals surface area contributed by atoms with Gasteiger partial charge in [0.2, 0.25) is 5.91 Å². The van der Waals surface area contributed by atoms with Crippen molar-refractivity contribution in [2.45, 2.75) is 18.9 Å². The van der Waals surface area contributed by atoms with Crippen LogP contribution in [0.1, 0.15) is 34.7 Å². The molecule has 1 aromatic carbocycles. The van der Waals surface area contributed by atoms with Crippen LogP contribution in [-0.2, 0) is 11.3 Å². The fourth-order valence-electron chi connectivity index (χ4n) is 3.84. The first kappa shape index (κ1) is 17.7. The highest BCUT2D eigenvalue weighted by atomic mass is 16.2. The lowest BCUT2D eigenvalue weighted by Crippen LogP contribution is -2.28. The zero-order valence-corrected chi connectivity index (χ0v) is 15.5. The lowest BCUT2D eigenvalue weighted by molar-refractivity contribution is -0.116. The van der Waals surface area contributed by atoms with Crippen LogP contribution in [0.15, 0.2) is 36.5 Å². The van der Waals surface area contributed by atoms with Crippen molar-refractivity contribution in [3.8, 4) is 6.07 Å². The van der Waals surface area contributed by atoms with Gasteiger partial charge in [0, 0.05) is 31.5 Å². The number of hydrogen-bond acceptors (Lipinski definition) is 5. The molecule has 2 aliphatic rings. The molecule has 1 aromatic heterocycles. The number of carbonyl (C=O) groups excluding carboxylic acids is 1. The third-order valence-electron chi connectivity index (χ3n) is 5.37. The van der Waals surface area contributed by atoms with Gasteiger partial charge in [-0.1, -0.05) is 6.07 Å². The molecule has 0 bridgehead atoms. The number of nitriles is 1. The van der Waals surface area contributed by atoms with Gasteiger partial charge in [-0.05, 0) is 62.0 Å². The van der Waals surface area contributed by atoms with E-state index in [9.17, 15) is 4.79 Å². The molecule has 27 heavy (non-hydrogen) atoms. The Morgan fingerprint density at radius 2 is 2.11 bits per heavy atom. The molecule has 1 fully saturated rings. The Bertz CT molecular complexity index is 886. The van der Waals surface area contributed by atoms with Crippen LogP contribution >= 0.6 is 0 Å². The number of fused-ring (bicyclic) bond motifs is 1. The Hall–Kier alpha value is -2.75. The van der Waals surface area contributed by atoms with Crippen LogP contribution in [0.3, 0.4) is 0 Å². The summed E-state index contributed by atoms with van der Waals surface area (Å²) in [6.45, 7) is 5.28. The van der Waals surface area contributed by atoms with Crippen LogP contribution in [0.5, 0.6) is 0 Å². The predicted octanol–water partition coefficient (Wildman–Crippen LogP) is 2.17.